The number of nitrogens with one attached hydrogen (secondary N) is 1. The number of carbonyl (C=O) groups excluding carboxylic acids is 1. The van der Waals surface area contributed by atoms with Gasteiger partial charge < -0.3 is 10.2 Å². The van der Waals surface area contributed by atoms with E-state index < -0.39 is 11.7 Å². The largest absolute Gasteiger partial charge is 0.416 e. The molecule has 6 nitrogen and oxygen atoms in total. The van der Waals surface area contributed by atoms with E-state index in [1.807, 2.05) is 19.0 Å². The molecule has 3 aromatic rings. The van der Waals surface area contributed by atoms with E-state index in [9.17, 15) is 18.0 Å². The number of hydrogen-bond acceptors (Lipinski definition) is 4. The summed E-state index contributed by atoms with van der Waals surface area (Å²) in [6.07, 6.45) is -2.83. The molecule has 0 radical (unpaired) electrons. The third-order valence-corrected chi connectivity index (χ3v) is 4.16. The first-order valence-electron chi connectivity index (χ1n) is 8.66. The first kappa shape index (κ1) is 19.8. The highest BCUT2D eigenvalue weighted by molar-refractivity contribution is 5.82. The molecule has 3 rings (SSSR count). The van der Waals surface area contributed by atoms with Gasteiger partial charge in [-0.1, -0.05) is 12.1 Å². The van der Waals surface area contributed by atoms with E-state index in [2.05, 4.69) is 15.3 Å². The molecular weight excluding hydrogens is 371 g/mol. The van der Waals surface area contributed by atoms with Crippen molar-refractivity contribution >= 4 is 17.1 Å². The molecule has 0 aliphatic carbocycles. The van der Waals surface area contributed by atoms with Crippen LogP contribution in [-0.4, -0.2) is 52.5 Å². The molecule has 2 aromatic heterocycles. The SMILES string of the molecule is CN(C)CCNC(=O)Cn1c(-c2ccc(C(F)(F)F)cc2)nc2cccnc21. The molecule has 0 aliphatic heterocycles. The van der Waals surface area contributed by atoms with Crippen LogP contribution >= 0.6 is 0 Å². The number of alkyl halides is 3. The van der Waals surface area contributed by atoms with Gasteiger partial charge in [-0.3, -0.25) is 9.36 Å². The molecule has 0 atom stereocenters. The van der Waals surface area contributed by atoms with Crippen molar-refractivity contribution in [2.75, 3.05) is 27.2 Å². The third kappa shape index (κ3) is 4.48. The van der Waals surface area contributed by atoms with E-state index in [-0.39, 0.29) is 12.5 Å². The molecule has 9 heteroatoms. The molecule has 148 valence electrons. The summed E-state index contributed by atoms with van der Waals surface area (Å²) in [6.45, 7) is 1.15. The number of amides is 1. The summed E-state index contributed by atoms with van der Waals surface area (Å²) in [5.41, 5.74) is 0.809. The van der Waals surface area contributed by atoms with E-state index in [0.717, 1.165) is 12.1 Å². The summed E-state index contributed by atoms with van der Waals surface area (Å²) in [5.74, 6) is 0.171. The van der Waals surface area contributed by atoms with E-state index in [1.54, 1.807) is 22.9 Å². The second-order valence-corrected chi connectivity index (χ2v) is 6.60. The first-order chi connectivity index (χ1) is 13.3. The maximum absolute atomic E-state index is 12.8. The lowest BCUT2D eigenvalue weighted by Crippen LogP contribution is -2.33. The van der Waals surface area contributed by atoms with E-state index in [0.29, 0.717) is 35.6 Å². The average Bonchev–Trinajstić information content (AvgIpc) is 2.99. The number of fused-ring (bicyclic) bond motifs is 1. The van der Waals surface area contributed by atoms with E-state index >= 15 is 0 Å². The fraction of sp³-hybridized carbons (Fsp3) is 0.316. The highest BCUT2D eigenvalue weighted by Gasteiger charge is 2.30. The van der Waals surface area contributed by atoms with Crippen LogP contribution in [-0.2, 0) is 17.5 Å². The Morgan fingerprint density at radius 2 is 1.89 bits per heavy atom. The van der Waals surface area contributed by atoms with Crippen molar-refractivity contribution in [1.29, 1.82) is 0 Å². The minimum absolute atomic E-state index is 0.0305. The number of benzene rings is 1. The summed E-state index contributed by atoms with van der Waals surface area (Å²) in [7, 11) is 3.81. The van der Waals surface area contributed by atoms with Crippen molar-refractivity contribution in [3.8, 4) is 11.4 Å². The van der Waals surface area contributed by atoms with Gasteiger partial charge in [-0.2, -0.15) is 13.2 Å². The highest BCUT2D eigenvalue weighted by Crippen LogP contribution is 2.31. The smallest absolute Gasteiger partial charge is 0.353 e. The first-order valence-corrected chi connectivity index (χ1v) is 8.66. The van der Waals surface area contributed by atoms with Gasteiger partial charge in [0.15, 0.2) is 5.65 Å². The Hall–Kier alpha value is -2.94. The quantitative estimate of drug-likeness (QED) is 0.702. The molecular formula is C19H20F3N5O. The van der Waals surface area contributed by atoms with Crippen molar-refractivity contribution in [2.24, 2.45) is 0 Å². The molecule has 0 aliphatic rings. The fourth-order valence-corrected chi connectivity index (χ4v) is 2.76. The molecule has 28 heavy (non-hydrogen) atoms. The Bertz CT molecular complexity index is 964. The molecule has 1 N–H and O–H groups in total. The lowest BCUT2D eigenvalue weighted by Gasteiger charge is -2.12. The van der Waals surface area contributed by atoms with Crippen LogP contribution in [0.25, 0.3) is 22.6 Å². The van der Waals surface area contributed by atoms with Gasteiger partial charge in [0.1, 0.15) is 17.9 Å². The summed E-state index contributed by atoms with van der Waals surface area (Å²) < 4.78 is 40.1. The van der Waals surface area contributed by atoms with E-state index in [4.69, 9.17) is 0 Å². The summed E-state index contributed by atoms with van der Waals surface area (Å²) in [4.78, 5) is 23.0. The number of pyridine rings is 1. The molecule has 0 bridgehead atoms. The second kappa shape index (κ2) is 7.97. The van der Waals surface area contributed by atoms with Crippen molar-refractivity contribution in [3.63, 3.8) is 0 Å². The minimum atomic E-state index is -4.41. The number of imidazole rings is 1. The van der Waals surface area contributed by atoms with Crippen LogP contribution in [0.5, 0.6) is 0 Å². The Balaban J connectivity index is 1.92. The number of aromatic nitrogens is 3. The van der Waals surface area contributed by atoms with Gasteiger partial charge in [-0.15, -0.1) is 0 Å². The van der Waals surface area contributed by atoms with Crippen LogP contribution < -0.4 is 5.32 Å². The summed E-state index contributed by atoms with van der Waals surface area (Å²) in [5, 5.41) is 2.82. The van der Waals surface area contributed by atoms with Crippen molar-refractivity contribution < 1.29 is 18.0 Å². The fourth-order valence-electron chi connectivity index (χ4n) is 2.76. The predicted molar refractivity (Wildman–Crippen MR) is 99.5 cm³/mol. The second-order valence-electron chi connectivity index (χ2n) is 6.60. The Kier molecular flexibility index (Phi) is 5.64. The Labute approximate surface area is 160 Å². The summed E-state index contributed by atoms with van der Waals surface area (Å²) >= 11 is 0. The number of rotatable bonds is 6. The van der Waals surface area contributed by atoms with Crippen LogP contribution in [0.1, 0.15) is 5.56 Å². The number of nitrogens with zero attached hydrogens (tertiary/aromatic N) is 4. The maximum Gasteiger partial charge on any atom is 0.416 e. The molecule has 1 aromatic carbocycles. The Morgan fingerprint density at radius 1 is 1.18 bits per heavy atom. The topological polar surface area (TPSA) is 63.1 Å². The van der Waals surface area contributed by atoms with Gasteiger partial charge in [-0.05, 0) is 38.4 Å². The highest BCUT2D eigenvalue weighted by atomic mass is 19.4. The number of carbonyl (C=O) groups is 1. The Morgan fingerprint density at radius 3 is 2.54 bits per heavy atom. The predicted octanol–water partition coefficient (Wildman–Crippen LogP) is 2.79. The zero-order valence-corrected chi connectivity index (χ0v) is 15.5. The van der Waals surface area contributed by atoms with Crippen LogP contribution in [0, 0.1) is 0 Å². The molecule has 0 unspecified atom stereocenters. The van der Waals surface area contributed by atoms with Crippen molar-refractivity contribution in [2.45, 2.75) is 12.7 Å². The van der Waals surface area contributed by atoms with Gasteiger partial charge in [0.25, 0.3) is 0 Å². The minimum Gasteiger partial charge on any atom is -0.353 e. The third-order valence-electron chi connectivity index (χ3n) is 4.16. The van der Waals surface area contributed by atoms with Crippen molar-refractivity contribution in [3.05, 3.63) is 48.2 Å². The summed E-state index contributed by atoms with van der Waals surface area (Å²) in [6, 6.07) is 8.17. The zero-order chi connectivity index (χ0) is 20.3. The average molecular weight is 391 g/mol. The zero-order valence-electron chi connectivity index (χ0n) is 15.5. The van der Waals surface area contributed by atoms with Crippen LogP contribution in [0.2, 0.25) is 0 Å². The molecule has 0 saturated carbocycles. The molecule has 0 fully saturated rings. The molecule has 2 heterocycles. The number of halogens is 3. The van der Waals surface area contributed by atoms with Crippen molar-refractivity contribution in [1.82, 2.24) is 24.8 Å². The number of hydrogen-bond donors (Lipinski definition) is 1. The molecule has 0 saturated heterocycles. The monoisotopic (exact) mass is 391 g/mol. The lowest BCUT2D eigenvalue weighted by atomic mass is 10.1. The van der Waals surface area contributed by atoms with Gasteiger partial charge in [-0.25, -0.2) is 9.97 Å². The lowest BCUT2D eigenvalue weighted by molar-refractivity contribution is -0.137. The standard InChI is InChI=1S/C19H20F3N5O/c1-26(2)11-10-23-16(28)12-27-17(25-15-4-3-9-24-18(15)27)13-5-7-14(8-6-13)19(20,21)22/h3-9H,10-12H2,1-2H3,(H,23,28). The molecule has 1 amide bonds. The van der Waals surface area contributed by atoms with Crippen LogP contribution in [0.15, 0.2) is 42.6 Å². The normalized spacial score (nSPS) is 11.9. The van der Waals surface area contributed by atoms with Crippen LogP contribution in [0.4, 0.5) is 13.2 Å². The van der Waals surface area contributed by atoms with E-state index in [1.165, 1.54) is 12.1 Å². The van der Waals surface area contributed by atoms with Crippen LogP contribution in [0.3, 0.4) is 0 Å². The van der Waals surface area contributed by atoms with Gasteiger partial charge in [0.2, 0.25) is 5.91 Å². The van der Waals surface area contributed by atoms with Gasteiger partial charge in [0, 0.05) is 24.8 Å². The maximum atomic E-state index is 12.8. The molecule has 0 spiro atoms. The number of likely N-dealkylation sites (N-methyl/N-ethyl adjacent to an activating group) is 1. The van der Waals surface area contributed by atoms with Gasteiger partial charge >= 0.3 is 6.18 Å². The van der Waals surface area contributed by atoms with Gasteiger partial charge in [0.05, 0.1) is 5.56 Å².